The molecule has 0 aliphatic rings. The van der Waals surface area contributed by atoms with Gasteiger partial charge in [0.1, 0.15) is 0 Å². The lowest BCUT2D eigenvalue weighted by Crippen LogP contribution is -2.44. The molecule has 0 atom stereocenters. The molecule has 112 valence electrons. The molecule has 1 aromatic carbocycles. The highest BCUT2D eigenvalue weighted by molar-refractivity contribution is 6.30. The van der Waals surface area contributed by atoms with Crippen molar-refractivity contribution in [2.24, 2.45) is 4.99 Å². The van der Waals surface area contributed by atoms with Gasteiger partial charge in [-0.3, -0.25) is 4.99 Å². The molecule has 5 heteroatoms. The SMILES string of the molecule is CN=C(NCCNC(C)(C)C)NCc1cccc(Cl)c1. The first-order chi connectivity index (χ1) is 9.40. The van der Waals surface area contributed by atoms with Crippen LogP contribution in [0, 0.1) is 0 Å². The summed E-state index contributed by atoms with van der Waals surface area (Å²) in [5.74, 6) is 0.792. The topological polar surface area (TPSA) is 48.5 Å². The van der Waals surface area contributed by atoms with Gasteiger partial charge in [0.25, 0.3) is 0 Å². The molecule has 20 heavy (non-hydrogen) atoms. The first-order valence-corrected chi connectivity index (χ1v) is 7.22. The number of benzene rings is 1. The molecule has 3 N–H and O–H groups in total. The lowest BCUT2D eigenvalue weighted by molar-refractivity contribution is 0.428. The van der Waals surface area contributed by atoms with E-state index in [1.165, 1.54) is 0 Å². The molecule has 0 heterocycles. The fourth-order valence-corrected chi connectivity index (χ4v) is 1.88. The van der Waals surface area contributed by atoms with Gasteiger partial charge < -0.3 is 16.0 Å². The molecule has 0 aliphatic heterocycles. The predicted octanol–water partition coefficient (Wildman–Crippen LogP) is 2.39. The number of aliphatic imine (C=N–C) groups is 1. The minimum atomic E-state index is 0.138. The monoisotopic (exact) mass is 296 g/mol. The van der Waals surface area contributed by atoms with E-state index in [0.717, 1.165) is 29.6 Å². The Hall–Kier alpha value is -1.26. The summed E-state index contributed by atoms with van der Waals surface area (Å²) in [6, 6.07) is 7.80. The Bertz CT molecular complexity index is 438. The minimum Gasteiger partial charge on any atom is -0.355 e. The van der Waals surface area contributed by atoms with Gasteiger partial charge >= 0.3 is 0 Å². The van der Waals surface area contributed by atoms with E-state index in [1.807, 2.05) is 24.3 Å². The maximum atomic E-state index is 5.96. The molecule has 0 aromatic heterocycles. The first kappa shape index (κ1) is 16.8. The Kier molecular flexibility index (Phi) is 6.82. The molecule has 0 radical (unpaired) electrons. The van der Waals surface area contributed by atoms with Crippen LogP contribution in [0.15, 0.2) is 29.3 Å². The van der Waals surface area contributed by atoms with Crippen LogP contribution in [0.25, 0.3) is 0 Å². The average molecular weight is 297 g/mol. The molecule has 0 spiro atoms. The van der Waals surface area contributed by atoms with Crippen LogP contribution >= 0.6 is 11.6 Å². The zero-order valence-corrected chi connectivity index (χ0v) is 13.5. The van der Waals surface area contributed by atoms with E-state index < -0.39 is 0 Å². The zero-order chi connectivity index (χ0) is 15.0. The zero-order valence-electron chi connectivity index (χ0n) is 12.8. The van der Waals surface area contributed by atoms with Gasteiger partial charge in [0.05, 0.1) is 0 Å². The van der Waals surface area contributed by atoms with E-state index in [9.17, 15) is 0 Å². The van der Waals surface area contributed by atoms with Crippen molar-refractivity contribution >= 4 is 17.6 Å². The van der Waals surface area contributed by atoms with Gasteiger partial charge in [0, 0.05) is 37.2 Å². The number of nitrogens with zero attached hydrogens (tertiary/aromatic N) is 1. The standard InChI is InChI=1S/C15H25ClN4/c1-15(2,3)20-9-8-18-14(17-4)19-11-12-6-5-7-13(16)10-12/h5-7,10,20H,8-9,11H2,1-4H3,(H2,17,18,19). The molecule has 0 saturated carbocycles. The summed E-state index contributed by atoms with van der Waals surface area (Å²) in [6.07, 6.45) is 0. The second-order valence-corrected chi connectivity index (χ2v) is 6.10. The van der Waals surface area contributed by atoms with Gasteiger partial charge in [-0.1, -0.05) is 23.7 Å². The van der Waals surface area contributed by atoms with Crippen molar-refractivity contribution in [3.63, 3.8) is 0 Å². The number of rotatable bonds is 5. The molecular formula is C15H25ClN4. The molecular weight excluding hydrogens is 272 g/mol. The van der Waals surface area contributed by atoms with Crippen molar-refractivity contribution in [3.8, 4) is 0 Å². The van der Waals surface area contributed by atoms with Gasteiger partial charge in [-0.05, 0) is 38.5 Å². The van der Waals surface area contributed by atoms with Gasteiger partial charge in [0.2, 0.25) is 0 Å². The van der Waals surface area contributed by atoms with E-state index in [-0.39, 0.29) is 5.54 Å². The minimum absolute atomic E-state index is 0.138. The summed E-state index contributed by atoms with van der Waals surface area (Å²) in [5.41, 5.74) is 1.27. The van der Waals surface area contributed by atoms with Crippen molar-refractivity contribution < 1.29 is 0 Å². The summed E-state index contributed by atoms with van der Waals surface area (Å²) in [7, 11) is 1.77. The van der Waals surface area contributed by atoms with Crippen LogP contribution in [0.1, 0.15) is 26.3 Å². The van der Waals surface area contributed by atoms with Gasteiger partial charge in [-0.2, -0.15) is 0 Å². The maximum Gasteiger partial charge on any atom is 0.191 e. The smallest absolute Gasteiger partial charge is 0.191 e. The number of nitrogens with one attached hydrogen (secondary N) is 3. The highest BCUT2D eigenvalue weighted by Gasteiger charge is 2.07. The Morgan fingerprint density at radius 2 is 1.95 bits per heavy atom. The Morgan fingerprint density at radius 3 is 2.55 bits per heavy atom. The number of hydrogen-bond acceptors (Lipinski definition) is 2. The molecule has 0 amide bonds. The van der Waals surface area contributed by atoms with E-state index in [4.69, 9.17) is 11.6 Å². The third-order valence-corrected chi connectivity index (χ3v) is 2.88. The van der Waals surface area contributed by atoms with Crippen molar-refractivity contribution in [1.82, 2.24) is 16.0 Å². The van der Waals surface area contributed by atoms with E-state index in [1.54, 1.807) is 7.05 Å². The summed E-state index contributed by atoms with van der Waals surface area (Å²) >= 11 is 5.96. The molecule has 1 aromatic rings. The molecule has 1 rings (SSSR count). The normalized spacial score (nSPS) is 12.3. The maximum absolute atomic E-state index is 5.96. The first-order valence-electron chi connectivity index (χ1n) is 6.85. The van der Waals surface area contributed by atoms with Crippen LogP contribution in [0.4, 0.5) is 0 Å². The molecule has 0 saturated heterocycles. The third kappa shape index (κ3) is 7.36. The van der Waals surface area contributed by atoms with Gasteiger partial charge in [-0.15, -0.1) is 0 Å². The summed E-state index contributed by atoms with van der Waals surface area (Å²) < 4.78 is 0. The van der Waals surface area contributed by atoms with E-state index in [2.05, 4.69) is 41.7 Å². The largest absolute Gasteiger partial charge is 0.355 e. The number of halogens is 1. The number of guanidine groups is 1. The quantitative estimate of drug-likeness (QED) is 0.444. The van der Waals surface area contributed by atoms with E-state index in [0.29, 0.717) is 6.54 Å². The van der Waals surface area contributed by atoms with Crippen LogP contribution in [0.2, 0.25) is 5.02 Å². The Labute approximate surface area is 127 Å². The molecule has 0 aliphatic carbocycles. The second kappa shape index (κ2) is 8.12. The lowest BCUT2D eigenvalue weighted by atomic mass is 10.1. The van der Waals surface area contributed by atoms with Crippen molar-refractivity contribution in [1.29, 1.82) is 0 Å². The average Bonchev–Trinajstić information content (AvgIpc) is 2.37. The summed E-state index contributed by atoms with van der Waals surface area (Å²) in [6.45, 7) is 8.87. The Balaban J connectivity index is 2.30. The molecule has 0 fully saturated rings. The molecule has 0 unspecified atom stereocenters. The lowest BCUT2D eigenvalue weighted by Gasteiger charge is -2.21. The van der Waals surface area contributed by atoms with Gasteiger partial charge in [0.15, 0.2) is 5.96 Å². The molecule has 4 nitrogen and oxygen atoms in total. The van der Waals surface area contributed by atoms with Crippen molar-refractivity contribution in [2.45, 2.75) is 32.9 Å². The highest BCUT2D eigenvalue weighted by atomic mass is 35.5. The van der Waals surface area contributed by atoms with Crippen LogP contribution in [-0.4, -0.2) is 31.6 Å². The van der Waals surface area contributed by atoms with Crippen LogP contribution in [-0.2, 0) is 6.54 Å². The van der Waals surface area contributed by atoms with Crippen LogP contribution in [0.3, 0.4) is 0 Å². The van der Waals surface area contributed by atoms with Crippen molar-refractivity contribution in [3.05, 3.63) is 34.9 Å². The summed E-state index contributed by atoms with van der Waals surface area (Å²) in [5, 5.41) is 10.7. The second-order valence-electron chi connectivity index (χ2n) is 5.66. The number of hydrogen-bond donors (Lipinski definition) is 3. The fourth-order valence-electron chi connectivity index (χ4n) is 1.67. The van der Waals surface area contributed by atoms with Gasteiger partial charge in [-0.25, -0.2) is 0 Å². The van der Waals surface area contributed by atoms with E-state index >= 15 is 0 Å². The molecule has 0 bridgehead atoms. The fraction of sp³-hybridized carbons (Fsp3) is 0.533. The summed E-state index contributed by atoms with van der Waals surface area (Å²) in [4.78, 5) is 4.19. The Morgan fingerprint density at radius 1 is 1.20 bits per heavy atom. The van der Waals surface area contributed by atoms with Crippen LogP contribution < -0.4 is 16.0 Å². The third-order valence-electron chi connectivity index (χ3n) is 2.65. The van der Waals surface area contributed by atoms with Crippen molar-refractivity contribution in [2.75, 3.05) is 20.1 Å². The van der Waals surface area contributed by atoms with Crippen LogP contribution in [0.5, 0.6) is 0 Å². The highest BCUT2D eigenvalue weighted by Crippen LogP contribution is 2.10. The predicted molar refractivity (Wildman–Crippen MR) is 87.4 cm³/mol.